The molecule has 126 valence electrons. The molecule has 25 heavy (non-hydrogen) atoms. The van der Waals surface area contributed by atoms with Crippen LogP contribution in [-0.2, 0) is 12.8 Å². The molecule has 2 N–H and O–H groups in total. The van der Waals surface area contributed by atoms with E-state index in [1.807, 2.05) is 18.2 Å². The lowest BCUT2D eigenvalue weighted by Gasteiger charge is -2.16. The van der Waals surface area contributed by atoms with E-state index in [2.05, 4.69) is 37.9 Å². The minimum Gasteiger partial charge on any atom is -0.308 e. The van der Waals surface area contributed by atoms with Gasteiger partial charge in [0.15, 0.2) is 0 Å². The van der Waals surface area contributed by atoms with Crippen molar-refractivity contribution in [2.75, 3.05) is 10.6 Å². The van der Waals surface area contributed by atoms with Crippen molar-refractivity contribution in [2.24, 2.45) is 0 Å². The lowest BCUT2D eigenvalue weighted by molar-refractivity contribution is 0.262. The fraction of sp³-hybridized carbons (Fsp3) is 0.222. The smallest absolute Gasteiger partial charge is 0.308 e. The molecule has 0 fully saturated rings. The van der Waals surface area contributed by atoms with Gasteiger partial charge in [-0.05, 0) is 61.1 Å². The number of aromatic nitrogens is 3. The van der Waals surface area contributed by atoms with Gasteiger partial charge in [-0.1, -0.05) is 17.4 Å². The summed E-state index contributed by atoms with van der Waals surface area (Å²) in [6.45, 7) is 0. The van der Waals surface area contributed by atoms with Crippen LogP contribution in [0.25, 0.3) is 10.6 Å². The summed E-state index contributed by atoms with van der Waals surface area (Å²) < 4.78 is 0. The van der Waals surface area contributed by atoms with E-state index in [-0.39, 0.29) is 6.03 Å². The van der Waals surface area contributed by atoms with Crippen molar-refractivity contribution >= 4 is 28.2 Å². The summed E-state index contributed by atoms with van der Waals surface area (Å²) >= 11 is 1.33. The summed E-state index contributed by atoms with van der Waals surface area (Å²) in [4.78, 5) is 16.2. The summed E-state index contributed by atoms with van der Waals surface area (Å²) in [5, 5.41) is 14.9. The maximum atomic E-state index is 12.2. The lowest BCUT2D eigenvalue weighted by Crippen LogP contribution is -2.19. The van der Waals surface area contributed by atoms with Crippen molar-refractivity contribution in [1.29, 1.82) is 0 Å². The van der Waals surface area contributed by atoms with E-state index in [4.69, 9.17) is 0 Å². The molecule has 0 bridgehead atoms. The Hall–Kier alpha value is -2.80. The molecule has 1 aliphatic carbocycles. The van der Waals surface area contributed by atoms with Crippen molar-refractivity contribution in [3.63, 3.8) is 0 Å². The molecule has 0 saturated carbocycles. The highest BCUT2D eigenvalue weighted by Crippen LogP contribution is 2.26. The zero-order valence-electron chi connectivity index (χ0n) is 13.5. The standard InChI is InChI=1S/C18H17N5OS/c24-17(20-15-6-5-12-3-1-2-4-14(12)11-15)21-18-23-22-16(25-18)13-7-9-19-10-8-13/h5-11H,1-4H2,(H2,20,21,23,24). The number of aryl methyl sites for hydroxylation is 2. The molecule has 0 radical (unpaired) electrons. The highest BCUT2D eigenvalue weighted by molar-refractivity contribution is 7.18. The molecule has 6 nitrogen and oxygen atoms in total. The monoisotopic (exact) mass is 351 g/mol. The Morgan fingerprint density at radius 1 is 0.960 bits per heavy atom. The fourth-order valence-electron chi connectivity index (χ4n) is 2.96. The van der Waals surface area contributed by atoms with Crippen LogP contribution in [0.3, 0.4) is 0 Å². The number of nitrogens with zero attached hydrogens (tertiary/aromatic N) is 3. The minimum atomic E-state index is -0.312. The largest absolute Gasteiger partial charge is 0.325 e. The molecule has 0 spiro atoms. The first-order valence-electron chi connectivity index (χ1n) is 8.22. The van der Waals surface area contributed by atoms with Gasteiger partial charge >= 0.3 is 6.03 Å². The second-order valence-corrected chi connectivity index (χ2v) is 6.90. The molecule has 2 aromatic heterocycles. The van der Waals surface area contributed by atoms with Crippen LogP contribution in [0.1, 0.15) is 24.0 Å². The Bertz CT molecular complexity index is 893. The van der Waals surface area contributed by atoms with Crippen LogP contribution in [0.4, 0.5) is 15.6 Å². The minimum absolute atomic E-state index is 0.312. The molecule has 0 aliphatic heterocycles. The number of urea groups is 1. The maximum Gasteiger partial charge on any atom is 0.325 e. The molecule has 1 aromatic carbocycles. The molecule has 4 rings (SSSR count). The van der Waals surface area contributed by atoms with Gasteiger partial charge < -0.3 is 5.32 Å². The van der Waals surface area contributed by atoms with Gasteiger partial charge in [-0.15, -0.1) is 10.2 Å². The predicted molar refractivity (Wildman–Crippen MR) is 98.9 cm³/mol. The third-order valence-corrected chi connectivity index (χ3v) is 5.07. The molecule has 1 aliphatic rings. The Morgan fingerprint density at radius 3 is 2.60 bits per heavy atom. The Balaban J connectivity index is 1.42. The van der Waals surface area contributed by atoms with Crippen LogP contribution in [0.2, 0.25) is 0 Å². The number of hydrogen-bond acceptors (Lipinski definition) is 5. The third-order valence-electron chi connectivity index (χ3n) is 4.18. The molecule has 2 heterocycles. The van der Waals surface area contributed by atoms with E-state index in [0.717, 1.165) is 29.1 Å². The molecule has 3 aromatic rings. The van der Waals surface area contributed by atoms with E-state index in [1.54, 1.807) is 12.4 Å². The van der Waals surface area contributed by atoms with Crippen molar-refractivity contribution in [2.45, 2.75) is 25.7 Å². The number of rotatable bonds is 3. The summed E-state index contributed by atoms with van der Waals surface area (Å²) in [7, 11) is 0. The van der Waals surface area contributed by atoms with Crippen molar-refractivity contribution in [3.05, 3.63) is 53.9 Å². The van der Waals surface area contributed by atoms with Crippen LogP contribution < -0.4 is 10.6 Å². The number of amides is 2. The van der Waals surface area contributed by atoms with Gasteiger partial charge in [0.05, 0.1) is 0 Å². The van der Waals surface area contributed by atoms with E-state index in [0.29, 0.717) is 5.13 Å². The number of pyridine rings is 1. The van der Waals surface area contributed by atoms with Crippen molar-refractivity contribution in [3.8, 4) is 10.6 Å². The molecular formula is C18H17N5OS. The first-order valence-corrected chi connectivity index (χ1v) is 9.03. The lowest BCUT2D eigenvalue weighted by atomic mass is 9.91. The Morgan fingerprint density at radius 2 is 1.76 bits per heavy atom. The average molecular weight is 351 g/mol. The highest BCUT2D eigenvalue weighted by atomic mass is 32.1. The zero-order valence-corrected chi connectivity index (χ0v) is 14.3. The number of nitrogens with one attached hydrogen (secondary N) is 2. The van der Waals surface area contributed by atoms with Gasteiger partial charge in [-0.25, -0.2) is 4.79 Å². The topological polar surface area (TPSA) is 79.8 Å². The van der Waals surface area contributed by atoms with Gasteiger partial charge in [0.25, 0.3) is 0 Å². The third kappa shape index (κ3) is 3.66. The van der Waals surface area contributed by atoms with Crippen LogP contribution in [0, 0.1) is 0 Å². The van der Waals surface area contributed by atoms with Gasteiger partial charge in [-0.3, -0.25) is 10.3 Å². The summed E-state index contributed by atoms with van der Waals surface area (Å²) in [6.07, 6.45) is 8.07. The van der Waals surface area contributed by atoms with Crippen LogP contribution in [-0.4, -0.2) is 21.2 Å². The van der Waals surface area contributed by atoms with Crippen molar-refractivity contribution in [1.82, 2.24) is 15.2 Å². The van der Waals surface area contributed by atoms with Crippen LogP contribution in [0.5, 0.6) is 0 Å². The SMILES string of the molecule is O=C(Nc1ccc2c(c1)CCCC2)Nc1nnc(-c2ccncc2)s1. The summed E-state index contributed by atoms with van der Waals surface area (Å²) in [5.41, 5.74) is 4.45. The zero-order chi connectivity index (χ0) is 17.1. The second kappa shape index (κ2) is 6.98. The highest BCUT2D eigenvalue weighted by Gasteiger charge is 2.12. The maximum absolute atomic E-state index is 12.2. The first-order chi connectivity index (χ1) is 12.3. The number of benzene rings is 1. The Kier molecular flexibility index (Phi) is 4.39. The number of carbonyl (C=O) groups is 1. The van der Waals surface area contributed by atoms with Gasteiger partial charge in [-0.2, -0.15) is 0 Å². The summed E-state index contributed by atoms with van der Waals surface area (Å²) in [5.74, 6) is 0. The molecule has 7 heteroatoms. The number of carbonyl (C=O) groups excluding carboxylic acids is 1. The summed E-state index contributed by atoms with van der Waals surface area (Å²) in [6, 6.07) is 9.53. The van der Waals surface area contributed by atoms with Crippen LogP contribution >= 0.6 is 11.3 Å². The quantitative estimate of drug-likeness (QED) is 0.744. The fourth-order valence-corrected chi connectivity index (χ4v) is 3.70. The second-order valence-electron chi connectivity index (χ2n) is 5.92. The van der Waals surface area contributed by atoms with Gasteiger partial charge in [0.2, 0.25) is 5.13 Å². The predicted octanol–water partition coefficient (Wildman–Crippen LogP) is 4.12. The molecule has 2 amide bonds. The van der Waals surface area contributed by atoms with E-state index in [1.165, 1.54) is 35.3 Å². The van der Waals surface area contributed by atoms with Crippen LogP contribution in [0.15, 0.2) is 42.7 Å². The molecule has 0 saturated heterocycles. The van der Waals surface area contributed by atoms with E-state index in [9.17, 15) is 4.79 Å². The average Bonchev–Trinajstić information content (AvgIpc) is 3.10. The normalized spacial score (nSPS) is 13.1. The molecule has 0 unspecified atom stereocenters. The van der Waals surface area contributed by atoms with E-state index < -0.39 is 0 Å². The number of anilines is 2. The number of hydrogen-bond donors (Lipinski definition) is 2. The number of fused-ring (bicyclic) bond motifs is 1. The van der Waals surface area contributed by atoms with Gasteiger partial charge in [0, 0.05) is 23.6 Å². The van der Waals surface area contributed by atoms with Crippen molar-refractivity contribution < 1.29 is 4.79 Å². The first kappa shape index (κ1) is 15.7. The van der Waals surface area contributed by atoms with Gasteiger partial charge in [0.1, 0.15) is 5.01 Å². The molecular weight excluding hydrogens is 334 g/mol. The van der Waals surface area contributed by atoms with E-state index >= 15 is 0 Å². The Labute approximate surface area is 149 Å². The molecule has 0 atom stereocenters.